The molecule has 0 aliphatic heterocycles. The van der Waals surface area contributed by atoms with E-state index in [0.29, 0.717) is 17.7 Å². The average Bonchev–Trinajstić information content (AvgIpc) is 3.13. The van der Waals surface area contributed by atoms with Crippen LogP contribution in [0.1, 0.15) is 31.1 Å². The Hall–Kier alpha value is -1.62. The van der Waals surface area contributed by atoms with Gasteiger partial charge in [-0.3, -0.25) is 0 Å². The van der Waals surface area contributed by atoms with Gasteiger partial charge in [0.1, 0.15) is 0 Å². The van der Waals surface area contributed by atoms with Gasteiger partial charge in [-0.25, -0.2) is 0 Å². The number of nitrogens with one attached hydrogen (secondary N) is 1. The molecule has 4 unspecified atom stereocenters. The molecule has 2 aromatic heterocycles. The molecule has 2 aromatic rings. The Balaban J connectivity index is 1.66. The number of fused-ring (bicyclic) bond motifs is 2. The summed E-state index contributed by atoms with van der Waals surface area (Å²) in [6.45, 7) is 0. The molecular formula is C13H16N4O. The molecule has 2 aliphatic carbocycles. The Bertz CT molecular complexity index is 545. The summed E-state index contributed by atoms with van der Waals surface area (Å²) >= 11 is 0. The van der Waals surface area contributed by atoms with Crippen LogP contribution in [0.5, 0.6) is 0 Å². The van der Waals surface area contributed by atoms with Gasteiger partial charge in [-0.15, -0.1) is 0 Å². The van der Waals surface area contributed by atoms with Gasteiger partial charge in [0.05, 0.1) is 11.6 Å². The molecule has 18 heavy (non-hydrogen) atoms. The minimum atomic E-state index is 0.195. The lowest BCUT2D eigenvalue weighted by molar-refractivity contribution is 0.279. The fourth-order valence-corrected chi connectivity index (χ4v) is 3.65. The lowest BCUT2D eigenvalue weighted by atomic mass is 9.85. The minimum Gasteiger partial charge on any atom is -0.359 e. The van der Waals surface area contributed by atoms with Gasteiger partial charge < -0.3 is 15.2 Å². The zero-order valence-electron chi connectivity index (χ0n) is 10.0. The molecule has 2 heterocycles. The summed E-state index contributed by atoms with van der Waals surface area (Å²) in [5.74, 6) is 2.91. The van der Waals surface area contributed by atoms with Crippen LogP contribution >= 0.6 is 0 Å². The first-order chi connectivity index (χ1) is 8.83. The Morgan fingerprint density at radius 2 is 2.22 bits per heavy atom. The Morgan fingerprint density at radius 3 is 2.94 bits per heavy atom. The molecular weight excluding hydrogens is 228 g/mol. The molecule has 0 saturated heterocycles. The molecule has 4 rings (SSSR count). The maximum absolute atomic E-state index is 6.29. The van der Waals surface area contributed by atoms with Crippen LogP contribution in [-0.4, -0.2) is 21.2 Å². The van der Waals surface area contributed by atoms with Gasteiger partial charge in [0.25, 0.3) is 0 Å². The third-order valence-electron chi connectivity index (χ3n) is 4.55. The summed E-state index contributed by atoms with van der Waals surface area (Å²) in [6.07, 6.45) is 5.60. The number of nitrogens with two attached hydrogens (primary N) is 1. The van der Waals surface area contributed by atoms with Crippen LogP contribution in [0, 0.1) is 11.8 Å². The predicted octanol–water partition coefficient (Wildman–Crippen LogP) is 1.91. The van der Waals surface area contributed by atoms with Crippen LogP contribution in [0.25, 0.3) is 11.5 Å². The maximum Gasteiger partial charge on any atom is 0.231 e. The van der Waals surface area contributed by atoms with Crippen molar-refractivity contribution in [3.8, 4) is 11.5 Å². The molecule has 5 heteroatoms. The number of H-pyrrole nitrogens is 1. The molecule has 0 aromatic carbocycles. The van der Waals surface area contributed by atoms with Crippen molar-refractivity contribution >= 4 is 0 Å². The van der Waals surface area contributed by atoms with E-state index in [4.69, 9.17) is 10.3 Å². The quantitative estimate of drug-likeness (QED) is 0.845. The molecule has 2 bridgehead atoms. The van der Waals surface area contributed by atoms with Crippen LogP contribution in [-0.2, 0) is 0 Å². The fraction of sp³-hybridized carbons (Fsp3) is 0.538. The van der Waals surface area contributed by atoms with E-state index in [0.717, 1.165) is 11.6 Å². The van der Waals surface area contributed by atoms with Crippen LogP contribution in [0.4, 0.5) is 0 Å². The molecule has 3 N–H and O–H groups in total. The van der Waals surface area contributed by atoms with Crippen LogP contribution in [0.2, 0.25) is 0 Å². The van der Waals surface area contributed by atoms with Crippen LogP contribution in [0.15, 0.2) is 22.9 Å². The van der Waals surface area contributed by atoms with Crippen molar-refractivity contribution in [2.75, 3.05) is 0 Å². The highest BCUT2D eigenvalue weighted by Gasteiger charge is 2.48. The van der Waals surface area contributed by atoms with E-state index in [1.165, 1.54) is 19.3 Å². The van der Waals surface area contributed by atoms with Crippen molar-refractivity contribution in [3.05, 3.63) is 24.2 Å². The monoisotopic (exact) mass is 244 g/mol. The van der Waals surface area contributed by atoms with E-state index in [2.05, 4.69) is 15.1 Å². The molecule has 0 amide bonds. The number of aromatic nitrogens is 3. The highest BCUT2D eigenvalue weighted by Crippen LogP contribution is 2.51. The highest BCUT2D eigenvalue weighted by atomic mass is 16.5. The minimum absolute atomic E-state index is 0.195. The predicted molar refractivity (Wildman–Crippen MR) is 65.6 cm³/mol. The van der Waals surface area contributed by atoms with E-state index in [-0.39, 0.29) is 12.0 Å². The summed E-state index contributed by atoms with van der Waals surface area (Å²) < 4.78 is 5.43. The zero-order valence-corrected chi connectivity index (χ0v) is 10.0. The van der Waals surface area contributed by atoms with E-state index in [1.54, 1.807) is 0 Å². The largest absolute Gasteiger partial charge is 0.359 e. The van der Waals surface area contributed by atoms with Crippen molar-refractivity contribution in [1.82, 2.24) is 15.1 Å². The third kappa shape index (κ3) is 1.37. The zero-order chi connectivity index (χ0) is 12.1. The SMILES string of the molecule is NC1C2CCC(C2)C1c1nc(-c2ccc[nH]2)no1. The summed E-state index contributed by atoms with van der Waals surface area (Å²) in [5, 5.41) is 4.05. The van der Waals surface area contributed by atoms with Crippen molar-refractivity contribution in [2.24, 2.45) is 17.6 Å². The number of rotatable bonds is 2. The molecule has 2 fully saturated rings. The van der Waals surface area contributed by atoms with E-state index in [1.807, 2.05) is 18.3 Å². The van der Waals surface area contributed by atoms with Crippen LogP contribution < -0.4 is 5.73 Å². The second kappa shape index (κ2) is 3.68. The van der Waals surface area contributed by atoms with E-state index < -0.39 is 0 Å². The normalized spacial score (nSPS) is 34.3. The van der Waals surface area contributed by atoms with Crippen molar-refractivity contribution in [2.45, 2.75) is 31.2 Å². The average molecular weight is 244 g/mol. The van der Waals surface area contributed by atoms with Gasteiger partial charge in [-0.1, -0.05) is 5.16 Å². The topological polar surface area (TPSA) is 80.7 Å². The Kier molecular flexibility index (Phi) is 2.11. The number of hydrogen-bond donors (Lipinski definition) is 2. The highest BCUT2D eigenvalue weighted by molar-refractivity contribution is 5.48. The summed E-state index contributed by atoms with van der Waals surface area (Å²) in [7, 11) is 0. The van der Waals surface area contributed by atoms with Gasteiger partial charge in [0.2, 0.25) is 11.7 Å². The van der Waals surface area contributed by atoms with Crippen molar-refractivity contribution < 1.29 is 4.52 Å². The second-order valence-corrected chi connectivity index (χ2v) is 5.48. The van der Waals surface area contributed by atoms with Crippen LogP contribution in [0.3, 0.4) is 0 Å². The standard InChI is InChI=1S/C13H16N4O/c14-11-8-4-3-7(6-8)10(11)13-16-12(17-18-13)9-2-1-5-15-9/h1-2,5,7-8,10-11,15H,3-4,6,14H2. The molecule has 94 valence electrons. The molecule has 0 radical (unpaired) electrons. The second-order valence-electron chi connectivity index (χ2n) is 5.48. The van der Waals surface area contributed by atoms with E-state index >= 15 is 0 Å². The first-order valence-corrected chi connectivity index (χ1v) is 6.56. The molecule has 2 saturated carbocycles. The van der Waals surface area contributed by atoms with E-state index in [9.17, 15) is 0 Å². The first kappa shape index (κ1) is 10.3. The van der Waals surface area contributed by atoms with Crippen molar-refractivity contribution in [1.29, 1.82) is 0 Å². The summed E-state index contributed by atoms with van der Waals surface area (Å²) in [5.41, 5.74) is 7.18. The summed E-state index contributed by atoms with van der Waals surface area (Å²) in [6, 6.07) is 4.06. The third-order valence-corrected chi connectivity index (χ3v) is 4.55. The maximum atomic E-state index is 6.29. The number of hydrogen-bond acceptors (Lipinski definition) is 4. The molecule has 2 aliphatic rings. The lowest BCUT2D eigenvalue weighted by Gasteiger charge is -2.24. The van der Waals surface area contributed by atoms with Gasteiger partial charge in [0.15, 0.2) is 0 Å². The lowest BCUT2D eigenvalue weighted by Crippen LogP contribution is -2.34. The first-order valence-electron chi connectivity index (χ1n) is 6.56. The van der Waals surface area contributed by atoms with Crippen molar-refractivity contribution in [3.63, 3.8) is 0 Å². The fourth-order valence-electron chi connectivity index (χ4n) is 3.65. The smallest absolute Gasteiger partial charge is 0.231 e. The molecule has 0 spiro atoms. The van der Waals surface area contributed by atoms with Gasteiger partial charge >= 0.3 is 0 Å². The number of nitrogens with zero attached hydrogens (tertiary/aromatic N) is 2. The van der Waals surface area contributed by atoms with Gasteiger partial charge in [0, 0.05) is 12.2 Å². The summed E-state index contributed by atoms with van der Waals surface area (Å²) in [4.78, 5) is 7.60. The Labute approximate surface area is 105 Å². The Morgan fingerprint density at radius 1 is 1.33 bits per heavy atom. The van der Waals surface area contributed by atoms with Gasteiger partial charge in [-0.05, 0) is 43.2 Å². The van der Waals surface area contributed by atoms with Gasteiger partial charge in [-0.2, -0.15) is 4.98 Å². The molecule has 4 atom stereocenters. The molecule has 5 nitrogen and oxygen atoms in total. The number of aromatic amines is 1.